The third kappa shape index (κ3) is 4.61. The van der Waals surface area contributed by atoms with E-state index in [2.05, 4.69) is 26.3 Å². The Kier molecular flexibility index (Phi) is 5.72. The van der Waals surface area contributed by atoms with Crippen LogP contribution in [0.5, 0.6) is 0 Å². The zero-order chi connectivity index (χ0) is 17.6. The Bertz CT molecular complexity index is 707. The Morgan fingerprint density at radius 1 is 1.48 bits per heavy atom. The van der Waals surface area contributed by atoms with E-state index < -0.39 is 6.04 Å². The third-order valence-electron chi connectivity index (χ3n) is 4.19. The van der Waals surface area contributed by atoms with E-state index >= 15 is 0 Å². The maximum Gasteiger partial charge on any atom is 0.237 e. The molecule has 132 valence electrons. The molecule has 1 fully saturated rings. The molecule has 1 aliphatic heterocycles. The molecular formula is C17H21N5O2S. The molecule has 2 aromatic rings. The van der Waals surface area contributed by atoms with Gasteiger partial charge in [0, 0.05) is 44.0 Å². The summed E-state index contributed by atoms with van der Waals surface area (Å²) in [7, 11) is 1.72. The van der Waals surface area contributed by atoms with Gasteiger partial charge in [0.25, 0.3) is 0 Å². The van der Waals surface area contributed by atoms with Gasteiger partial charge in [0.15, 0.2) is 0 Å². The number of nitrogens with zero attached hydrogens (tertiary/aromatic N) is 4. The summed E-state index contributed by atoms with van der Waals surface area (Å²) in [5, 5.41) is 4.89. The van der Waals surface area contributed by atoms with Gasteiger partial charge in [-0.15, -0.1) is 11.3 Å². The molecule has 2 amide bonds. The molecular weight excluding hydrogens is 338 g/mol. The van der Waals surface area contributed by atoms with Crippen molar-refractivity contribution in [1.82, 2.24) is 25.1 Å². The molecule has 8 heteroatoms. The normalized spacial score (nSPS) is 18.0. The Morgan fingerprint density at radius 3 is 3.08 bits per heavy atom. The van der Waals surface area contributed by atoms with Crippen molar-refractivity contribution in [2.45, 2.75) is 25.6 Å². The minimum Gasteiger partial charge on any atom is -0.353 e. The molecule has 0 aliphatic carbocycles. The number of rotatable bonds is 6. The highest BCUT2D eigenvalue weighted by Gasteiger charge is 2.32. The lowest BCUT2D eigenvalue weighted by atomic mass is 10.1. The number of piperazine rings is 1. The summed E-state index contributed by atoms with van der Waals surface area (Å²) in [6, 6.07) is 3.61. The molecule has 3 heterocycles. The van der Waals surface area contributed by atoms with Gasteiger partial charge in [-0.3, -0.25) is 24.5 Å². The molecule has 0 saturated carbocycles. The van der Waals surface area contributed by atoms with Crippen LogP contribution in [-0.2, 0) is 22.7 Å². The van der Waals surface area contributed by atoms with Crippen molar-refractivity contribution in [3.63, 3.8) is 0 Å². The first-order valence-electron chi connectivity index (χ1n) is 8.16. The Labute approximate surface area is 150 Å². The molecule has 0 unspecified atom stereocenters. The van der Waals surface area contributed by atoms with Crippen LogP contribution in [0.4, 0.5) is 0 Å². The van der Waals surface area contributed by atoms with Gasteiger partial charge in [0.1, 0.15) is 0 Å². The van der Waals surface area contributed by atoms with Crippen LogP contribution in [0.1, 0.15) is 17.0 Å². The number of amides is 2. The minimum absolute atomic E-state index is 0.0796. The van der Waals surface area contributed by atoms with Crippen LogP contribution < -0.4 is 5.32 Å². The molecule has 7 nitrogen and oxygen atoms in total. The van der Waals surface area contributed by atoms with Crippen LogP contribution in [0.3, 0.4) is 0 Å². The molecule has 1 saturated heterocycles. The van der Waals surface area contributed by atoms with E-state index in [0.29, 0.717) is 19.6 Å². The molecule has 2 aromatic heterocycles. The average molecular weight is 359 g/mol. The number of carbonyl (C=O) groups is 2. The van der Waals surface area contributed by atoms with E-state index in [9.17, 15) is 9.59 Å². The van der Waals surface area contributed by atoms with E-state index in [1.807, 2.05) is 11.4 Å². The SMILES string of the molecule is CN(Cc1cnccn1)C(=O)C[C@H]1C(=O)NCCN1Cc1cccs1. The molecule has 0 radical (unpaired) electrons. The minimum atomic E-state index is -0.437. The summed E-state index contributed by atoms with van der Waals surface area (Å²) in [5.41, 5.74) is 0.724. The van der Waals surface area contributed by atoms with E-state index in [-0.39, 0.29) is 18.2 Å². The van der Waals surface area contributed by atoms with Crippen molar-refractivity contribution in [3.05, 3.63) is 46.7 Å². The maximum atomic E-state index is 12.6. The fourth-order valence-corrected chi connectivity index (χ4v) is 3.57. The molecule has 0 spiro atoms. The number of hydrogen-bond donors (Lipinski definition) is 1. The molecule has 0 aromatic carbocycles. The van der Waals surface area contributed by atoms with Crippen LogP contribution in [0, 0.1) is 0 Å². The summed E-state index contributed by atoms with van der Waals surface area (Å²) in [4.78, 5) is 37.9. The predicted octanol–water partition coefficient (Wildman–Crippen LogP) is 0.887. The zero-order valence-corrected chi connectivity index (χ0v) is 14.9. The molecule has 0 bridgehead atoms. The van der Waals surface area contributed by atoms with Crippen molar-refractivity contribution in [3.8, 4) is 0 Å². The quantitative estimate of drug-likeness (QED) is 0.829. The van der Waals surface area contributed by atoms with Crippen molar-refractivity contribution < 1.29 is 9.59 Å². The highest BCUT2D eigenvalue weighted by molar-refractivity contribution is 7.09. The number of hydrogen-bond acceptors (Lipinski definition) is 6. The molecule has 3 rings (SSSR count). The molecule has 1 N–H and O–H groups in total. The van der Waals surface area contributed by atoms with Crippen LogP contribution in [0.15, 0.2) is 36.1 Å². The van der Waals surface area contributed by atoms with Gasteiger partial charge in [-0.05, 0) is 11.4 Å². The second-order valence-electron chi connectivity index (χ2n) is 6.01. The van der Waals surface area contributed by atoms with Crippen molar-refractivity contribution in [1.29, 1.82) is 0 Å². The summed E-state index contributed by atoms with van der Waals surface area (Å²) < 4.78 is 0. The van der Waals surface area contributed by atoms with Crippen molar-refractivity contribution in [2.75, 3.05) is 20.1 Å². The van der Waals surface area contributed by atoms with Gasteiger partial charge in [-0.1, -0.05) is 6.07 Å². The Hall–Kier alpha value is -2.32. The first kappa shape index (κ1) is 17.5. The second kappa shape index (κ2) is 8.17. The molecule has 25 heavy (non-hydrogen) atoms. The topological polar surface area (TPSA) is 78.4 Å². The smallest absolute Gasteiger partial charge is 0.237 e. The first-order valence-corrected chi connectivity index (χ1v) is 9.04. The summed E-state index contributed by atoms with van der Waals surface area (Å²) in [6.07, 6.45) is 5.00. The number of carbonyl (C=O) groups excluding carboxylic acids is 2. The highest BCUT2D eigenvalue weighted by atomic mass is 32.1. The van der Waals surface area contributed by atoms with E-state index in [1.54, 1.807) is 41.9 Å². The van der Waals surface area contributed by atoms with Crippen molar-refractivity contribution in [2.24, 2.45) is 0 Å². The Balaban J connectivity index is 1.63. The summed E-state index contributed by atoms with van der Waals surface area (Å²) in [5.74, 6) is -0.159. The largest absolute Gasteiger partial charge is 0.353 e. The summed E-state index contributed by atoms with van der Waals surface area (Å²) >= 11 is 1.66. The monoisotopic (exact) mass is 359 g/mol. The second-order valence-corrected chi connectivity index (χ2v) is 7.04. The van der Waals surface area contributed by atoms with Gasteiger partial charge in [-0.25, -0.2) is 0 Å². The standard InChI is InChI=1S/C17H21N5O2S/c1-21(11-13-10-18-4-5-19-13)16(23)9-15-17(24)20-6-7-22(15)12-14-3-2-8-25-14/h2-5,8,10,15H,6-7,9,11-12H2,1H3,(H,20,24)/t15-/m0/s1. The van der Waals surface area contributed by atoms with Gasteiger partial charge in [0.2, 0.25) is 11.8 Å². The first-order chi connectivity index (χ1) is 12.1. The fourth-order valence-electron chi connectivity index (χ4n) is 2.84. The zero-order valence-electron chi connectivity index (χ0n) is 14.1. The van der Waals surface area contributed by atoms with E-state index in [0.717, 1.165) is 12.2 Å². The van der Waals surface area contributed by atoms with E-state index in [4.69, 9.17) is 0 Å². The lowest BCUT2D eigenvalue weighted by Crippen LogP contribution is -2.56. The Morgan fingerprint density at radius 2 is 2.36 bits per heavy atom. The van der Waals surface area contributed by atoms with Gasteiger partial charge < -0.3 is 10.2 Å². The number of aromatic nitrogens is 2. The van der Waals surface area contributed by atoms with Crippen LogP contribution >= 0.6 is 11.3 Å². The number of nitrogens with one attached hydrogen (secondary N) is 1. The average Bonchev–Trinajstić information content (AvgIpc) is 3.12. The van der Waals surface area contributed by atoms with Crippen LogP contribution in [0.2, 0.25) is 0 Å². The molecule has 1 atom stereocenters. The summed E-state index contributed by atoms with van der Waals surface area (Å²) in [6.45, 7) is 2.43. The van der Waals surface area contributed by atoms with Crippen LogP contribution in [-0.4, -0.2) is 57.8 Å². The molecule has 1 aliphatic rings. The third-order valence-corrected chi connectivity index (χ3v) is 5.05. The maximum absolute atomic E-state index is 12.6. The van der Waals surface area contributed by atoms with Crippen molar-refractivity contribution >= 4 is 23.2 Å². The fraction of sp³-hybridized carbons (Fsp3) is 0.412. The van der Waals surface area contributed by atoms with Gasteiger partial charge >= 0.3 is 0 Å². The lowest BCUT2D eigenvalue weighted by Gasteiger charge is -2.35. The van der Waals surface area contributed by atoms with Gasteiger partial charge in [-0.2, -0.15) is 0 Å². The lowest BCUT2D eigenvalue weighted by molar-refractivity contribution is -0.138. The van der Waals surface area contributed by atoms with Crippen LogP contribution in [0.25, 0.3) is 0 Å². The van der Waals surface area contributed by atoms with Gasteiger partial charge in [0.05, 0.1) is 30.9 Å². The number of thiophene rings is 1. The predicted molar refractivity (Wildman–Crippen MR) is 94.6 cm³/mol. The highest BCUT2D eigenvalue weighted by Crippen LogP contribution is 2.18. The van der Waals surface area contributed by atoms with E-state index in [1.165, 1.54) is 4.88 Å².